The minimum Gasteiger partial charge on any atom is -0.366 e. The molecular formula is C14H12BrN3. The Morgan fingerprint density at radius 1 is 1.28 bits per heavy atom. The summed E-state index contributed by atoms with van der Waals surface area (Å²) in [7, 11) is 0. The summed E-state index contributed by atoms with van der Waals surface area (Å²) in [6.07, 6.45) is 3.39. The molecule has 0 saturated carbocycles. The van der Waals surface area contributed by atoms with Gasteiger partial charge in [-0.25, -0.2) is 0 Å². The number of aromatic nitrogens is 1. The minimum atomic E-state index is -0.405. The van der Waals surface area contributed by atoms with Crippen molar-refractivity contribution >= 4 is 21.6 Å². The number of nitrogens with zero attached hydrogens (tertiary/aromatic N) is 2. The number of hydrogen-bond donors (Lipinski definition) is 1. The molecule has 4 heteroatoms. The molecule has 2 aromatic rings. The predicted molar refractivity (Wildman–Crippen MR) is 75.1 cm³/mol. The fourth-order valence-corrected chi connectivity index (χ4v) is 1.98. The van der Waals surface area contributed by atoms with Gasteiger partial charge >= 0.3 is 0 Å². The number of halogens is 1. The summed E-state index contributed by atoms with van der Waals surface area (Å²) in [4.78, 5) is 4.07. The molecule has 0 amide bonds. The summed E-state index contributed by atoms with van der Waals surface area (Å²) >= 11 is 3.35. The van der Waals surface area contributed by atoms with E-state index in [9.17, 15) is 5.26 Å². The Balaban J connectivity index is 2.20. The smallest absolute Gasteiger partial charge is 0.141 e. The van der Waals surface area contributed by atoms with Crippen LogP contribution in [0.15, 0.2) is 47.2 Å². The molecule has 0 radical (unpaired) electrons. The number of aryl methyl sites for hydroxylation is 1. The molecule has 1 aromatic heterocycles. The van der Waals surface area contributed by atoms with Gasteiger partial charge in [-0.3, -0.25) is 4.98 Å². The molecule has 0 spiro atoms. The van der Waals surface area contributed by atoms with Gasteiger partial charge in [0, 0.05) is 28.1 Å². The fraction of sp³-hybridized carbons (Fsp3) is 0.143. The molecule has 90 valence electrons. The average molecular weight is 302 g/mol. The molecule has 1 unspecified atom stereocenters. The van der Waals surface area contributed by atoms with Crippen LogP contribution in [0.1, 0.15) is 17.2 Å². The fourth-order valence-electron chi connectivity index (χ4n) is 1.59. The van der Waals surface area contributed by atoms with Gasteiger partial charge in [0.05, 0.1) is 6.07 Å². The SMILES string of the molecule is Cc1ccc(NC(C#N)c2cncc(Br)c2)cc1. The first kappa shape index (κ1) is 12.6. The lowest BCUT2D eigenvalue weighted by molar-refractivity contribution is 0.979. The van der Waals surface area contributed by atoms with Gasteiger partial charge < -0.3 is 5.32 Å². The topological polar surface area (TPSA) is 48.7 Å². The second-order valence-electron chi connectivity index (χ2n) is 4.01. The number of hydrogen-bond acceptors (Lipinski definition) is 3. The van der Waals surface area contributed by atoms with Crippen molar-refractivity contribution in [3.05, 3.63) is 58.3 Å². The molecule has 3 nitrogen and oxygen atoms in total. The van der Waals surface area contributed by atoms with Crippen LogP contribution in [0.2, 0.25) is 0 Å². The maximum atomic E-state index is 9.23. The summed E-state index contributed by atoms with van der Waals surface area (Å²) < 4.78 is 0.867. The van der Waals surface area contributed by atoms with Gasteiger partial charge in [-0.05, 0) is 41.1 Å². The summed E-state index contributed by atoms with van der Waals surface area (Å²) in [6, 6.07) is 11.7. The third-order valence-electron chi connectivity index (χ3n) is 2.55. The molecular weight excluding hydrogens is 290 g/mol. The molecule has 1 heterocycles. The van der Waals surface area contributed by atoms with Gasteiger partial charge in [0.1, 0.15) is 6.04 Å². The van der Waals surface area contributed by atoms with Gasteiger partial charge in [-0.15, -0.1) is 0 Å². The Labute approximate surface area is 115 Å². The summed E-state index contributed by atoms with van der Waals surface area (Å²) in [5.74, 6) is 0. The van der Waals surface area contributed by atoms with E-state index in [0.717, 1.165) is 15.7 Å². The van der Waals surface area contributed by atoms with Gasteiger partial charge in [0.15, 0.2) is 0 Å². The monoisotopic (exact) mass is 301 g/mol. The molecule has 2 rings (SSSR count). The maximum absolute atomic E-state index is 9.23. The second kappa shape index (κ2) is 5.65. The average Bonchev–Trinajstić information content (AvgIpc) is 2.38. The van der Waals surface area contributed by atoms with Crippen molar-refractivity contribution in [3.63, 3.8) is 0 Å². The number of nitrogens with one attached hydrogen (secondary N) is 1. The maximum Gasteiger partial charge on any atom is 0.141 e. The van der Waals surface area contributed by atoms with Crippen LogP contribution in [0, 0.1) is 18.3 Å². The second-order valence-corrected chi connectivity index (χ2v) is 4.92. The lowest BCUT2D eigenvalue weighted by Gasteiger charge is -2.13. The Morgan fingerprint density at radius 3 is 2.61 bits per heavy atom. The van der Waals surface area contributed by atoms with Crippen LogP contribution in [0.25, 0.3) is 0 Å². The largest absolute Gasteiger partial charge is 0.366 e. The Kier molecular flexibility index (Phi) is 3.96. The van der Waals surface area contributed by atoms with Crippen molar-refractivity contribution in [2.75, 3.05) is 5.32 Å². The van der Waals surface area contributed by atoms with E-state index < -0.39 is 6.04 Å². The standard InChI is InChI=1S/C14H12BrN3/c1-10-2-4-13(5-3-10)18-14(7-16)11-6-12(15)9-17-8-11/h2-6,8-9,14,18H,1H3. The molecule has 0 saturated heterocycles. The predicted octanol–water partition coefficient (Wildman–Crippen LogP) is 3.83. The van der Waals surface area contributed by atoms with E-state index in [1.807, 2.05) is 37.3 Å². The highest BCUT2D eigenvalue weighted by molar-refractivity contribution is 9.10. The normalized spacial score (nSPS) is 11.6. The van der Waals surface area contributed by atoms with E-state index in [1.165, 1.54) is 5.56 Å². The Morgan fingerprint density at radius 2 is 2.00 bits per heavy atom. The lowest BCUT2D eigenvalue weighted by Crippen LogP contribution is -2.08. The van der Waals surface area contributed by atoms with Crippen LogP contribution in [0.4, 0.5) is 5.69 Å². The molecule has 1 atom stereocenters. The van der Waals surface area contributed by atoms with Gasteiger partial charge in [-0.1, -0.05) is 17.7 Å². The first-order valence-electron chi connectivity index (χ1n) is 5.52. The number of nitriles is 1. The highest BCUT2D eigenvalue weighted by Crippen LogP contribution is 2.21. The van der Waals surface area contributed by atoms with E-state index in [1.54, 1.807) is 12.4 Å². The van der Waals surface area contributed by atoms with E-state index in [-0.39, 0.29) is 0 Å². The minimum absolute atomic E-state index is 0.405. The van der Waals surface area contributed by atoms with Gasteiger partial charge in [-0.2, -0.15) is 5.26 Å². The van der Waals surface area contributed by atoms with Crippen molar-refractivity contribution in [1.82, 2.24) is 4.98 Å². The third-order valence-corrected chi connectivity index (χ3v) is 2.98. The number of anilines is 1. The summed E-state index contributed by atoms with van der Waals surface area (Å²) in [5.41, 5.74) is 2.96. The van der Waals surface area contributed by atoms with Crippen molar-refractivity contribution in [2.45, 2.75) is 13.0 Å². The number of rotatable bonds is 3. The molecule has 0 bridgehead atoms. The van der Waals surface area contributed by atoms with Crippen molar-refractivity contribution in [3.8, 4) is 6.07 Å². The zero-order valence-electron chi connectivity index (χ0n) is 9.89. The van der Waals surface area contributed by atoms with Crippen LogP contribution in [-0.4, -0.2) is 4.98 Å². The molecule has 1 N–H and O–H groups in total. The summed E-state index contributed by atoms with van der Waals surface area (Å²) in [5, 5.41) is 12.4. The number of pyridine rings is 1. The van der Waals surface area contributed by atoms with Gasteiger partial charge in [0.2, 0.25) is 0 Å². The van der Waals surface area contributed by atoms with Crippen molar-refractivity contribution in [1.29, 1.82) is 5.26 Å². The van der Waals surface area contributed by atoms with Crippen molar-refractivity contribution < 1.29 is 0 Å². The van der Waals surface area contributed by atoms with Crippen LogP contribution in [-0.2, 0) is 0 Å². The summed E-state index contributed by atoms with van der Waals surface area (Å²) in [6.45, 7) is 2.03. The van der Waals surface area contributed by atoms with Crippen molar-refractivity contribution in [2.24, 2.45) is 0 Å². The highest BCUT2D eigenvalue weighted by Gasteiger charge is 2.10. The zero-order chi connectivity index (χ0) is 13.0. The molecule has 0 aliphatic heterocycles. The molecule has 18 heavy (non-hydrogen) atoms. The highest BCUT2D eigenvalue weighted by atomic mass is 79.9. The Hall–Kier alpha value is -1.86. The quantitative estimate of drug-likeness (QED) is 0.937. The molecule has 0 aliphatic rings. The molecule has 0 aliphatic carbocycles. The molecule has 1 aromatic carbocycles. The Bertz CT molecular complexity index is 572. The van der Waals surface area contributed by atoms with Crippen LogP contribution >= 0.6 is 15.9 Å². The van der Waals surface area contributed by atoms with Crippen LogP contribution in [0.3, 0.4) is 0 Å². The van der Waals surface area contributed by atoms with Gasteiger partial charge in [0.25, 0.3) is 0 Å². The van der Waals surface area contributed by atoms with E-state index >= 15 is 0 Å². The molecule has 0 fully saturated rings. The lowest BCUT2D eigenvalue weighted by atomic mass is 10.1. The van der Waals surface area contributed by atoms with E-state index in [2.05, 4.69) is 32.3 Å². The zero-order valence-corrected chi connectivity index (χ0v) is 11.5. The van der Waals surface area contributed by atoms with Crippen LogP contribution < -0.4 is 5.32 Å². The first-order chi connectivity index (χ1) is 8.69. The first-order valence-corrected chi connectivity index (χ1v) is 6.31. The van der Waals surface area contributed by atoms with Crippen LogP contribution in [0.5, 0.6) is 0 Å². The number of benzene rings is 1. The van der Waals surface area contributed by atoms with E-state index in [4.69, 9.17) is 0 Å². The van der Waals surface area contributed by atoms with E-state index in [0.29, 0.717) is 0 Å². The third kappa shape index (κ3) is 3.08.